The lowest BCUT2D eigenvalue weighted by Crippen LogP contribution is -2.34. The van der Waals surface area contributed by atoms with E-state index in [0.29, 0.717) is 0 Å². The molecule has 1 aromatic rings. The average molecular weight is 192 g/mol. The van der Waals surface area contributed by atoms with Crippen molar-refractivity contribution >= 4 is 11.3 Å². The number of nitriles is 1. The summed E-state index contributed by atoms with van der Waals surface area (Å²) in [4.78, 5) is 0.811. The lowest BCUT2D eigenvalue weighted by Gasteiger charge is -2.26. The Morgan fingerprint density at radius 1 is 1.62 bits per heavy atom. The molecular formula is C10H12N2S. The van der Waals surface area contributed by atoms with Crippen LogP contribution in [0.2, 0.25) is 0 Å². The second-order valence-corrected chi connectivity index (χ2v) is 4.35. The molecule has 1 saturated carbocycles. The van der Waals surface area contributed by atoms with Crippen LogP contribution in [0.4, 0.5) is 0 Å². The van der Waals surface area contributed by atoms with Gasteiger partial charge in [-0.15, -0.1) is 11.3 Å². The van der Waals surface area contributed by atoms with Gasteiger partial charge in [0.1, 0.15) is 10.9 Å². The first kappa shape index (κ1) is 8.74. The van der Waals surface area contributed by atoms with Crippen molar-refractivity contribution in [2.24, 2.45) is 0 Å². The summed E-state index contributed by atoms with van der Waals surface area (Å²) in [5.74, 6) is 0. The number of nitrogens with one attached hydrogen (secondary N) is 1. The van der Waals surface area contributed by atoms with Gasteiger partial charge in [-0.3, -0.25) is 0 Å². The van der Waals surface area contributed by atoms with Crippen molar-refractivity contribution in [1.82, 2.24) is 5.32 Å². The predicted molar refractivity (Wildman–Crippen MR) is 53.5 cm³/mol. The van der Waals surface area contributed by atoms with Crippen molar-refractivity contribution < 1.29 is 0 Å². The molecule has 1 N–H and O–H groups in total. The van der Waals surface area contributed by atoms with Crippen LogP contribution >= 0.6 is 11.3 Å². The molecule has 0 amide bonds. The molecule has 1 fully saturated rings. The number of hydrogen-bond acceptors (Lipinski definition) is 3. The monoisotopic (exact) mass is 192 g/mol. The first-order valence-electron chi connectivity index (χ1n) is 4.59. The van der Waals surface area contributed by atoms with Crippen molar-refractivity contribution in [2.75, 3.05) is 0 Å². The molecule has 1 aromatic heterocycles. The highest BCUT2D eigenvalue weighted by molar-refractivity contribution is 7.10. The third-order valence-electron chi connectivity index (χ3n) is 2.46. The normalized spacial score (nSPS) is 16.5. The molecule has 68 valence electrons. The summed E-state index contributed by atoms with van der Waals surface area (Å²) >= 11 is 1.53. The zero-order valence-corrected chi connectivity index (χ0v) is 8.23. The molecule has 0 unspecified atom stereocenters. The van der Waals surface area contributed by atoms with Gasteiger partial charge in [0.05, 0.1) is 0 Å². The van der Waals surface area contributed by atoms with E-state index < -0.39 is 0 Å². The largest absolute Gasteiger partial charge is 0.310 e. The van der Waals surface area contributed by atoms with Crippen LogP contribution < -0.4 is 5.32 Å². The second kappa shape index (κ2) is 3.91. The van der Waals surface area contributed by atoms with E-state index in [0.717, 1.165) is 17.5 Å². The first-order chi connectivity index (χ1) is 6.38. The van der Waals surface area contributed by atoms with Crippen LogP contribution in [0.1, 0.15) is 29.7 Å². The smallest absolute Gasteiger partial charge is 0.110 e. The maximum atomic E-state index is 8.63. The van der Waals surface area contributed by atoms with Crippen LogP contribution in [-0.4, -0.2) is 6.04 Å². The predicted octanol–water partition coefficient (Wildman–Crippen LogP) is 2.26. The molecule has 0 aliphatic heterocycles. The molecule has 1 aliphatic carbocycles. The molecule has 0 aromatic carbocycles. The molecular weight excluding hydrogens is 180 g/mol. The van der Waals surface area contributed by atoms with E-state index >= 15 is 0 Å². The fraction of sp³-hybridized carbons (Fsp3) is 0.500. The molecule has 0 spiro atoms. The third kappa shape index (κ3) is 2.09. The Morgan fingerprint density at radius 3 is 3.00 bits per heavy atom. The maximum Gasteiger partial charge on any atom is 0.110 e. The van der Waals surface area contributed by atoms with Gasteiger partial charge in [-0.05, 0) is 29.9 Å². The van der Waals surface area contributed by atoms with Gasteiger partial charge in [0.25, 0.3) is 0 Å². The summed E-state index contributed by atoms with van der Waals surface area (Å²) in [5.41, 5.74) is 1.24. The molecule has 3 heteroatoms. The highest BCUT2D eigenvalue weighted by Crippen LogP contribution is 2.19. The SMILES string of the molecule is N#Cc1cc(CNC2CCC2)cs1. The van der Waals surface area contributed by atoms with Gasteiger partial charge in [-0.2, -0.15) is 5.26 Å². The lowest BCUT2D eigenvalue weighted by atomic mass is 9.93. The van der Waals surface area contributed by atoms with E-state index in [1.807, 2.05) is 6.07 Å². The van der Waals surface area contributed by atoms with Crippen LogP contribution in [-0.2, 0) is 6.54 Å². The van der Waals surface area contributed by atoms with Gasteiger partial charge < -0.3 is 5.32 Å². The Morgan fingerprint density at radius 2 is 2.46 bits per heavy atom. The minimum absolute atomic E-state index is 0.727. The fourth-order valence-corrected chi connectivity index (χ4v) is 2.10. The van der Waals surface area contributed by atoms with Crippen LogP contribution in [0.15, 0.2) is 11.4 Å². The maximum absolute atomic E-state index is 8.63. The minimum Gasteiger partial charge on any atom is -0.310 e. The summed E-state index contributed by atoms with van der Waals surface area (Å²) in [7, 11) is 0. The molecule has 1 heterocycles. The molecule has 0 bridgehead atoms. The Labute approximate surface area is 82.2 Å². The van der Waals surface area contributed by atoms with Crippen LogP contribution in [0.3, 0.4) is 0 Å². The minimum atomic E-state index is 0.727. The zero-order chi connectivity index (χ0) is 9.10. The summed E-state index contributed by atoms with van der Waals surface area (Å²) in [6, 6.07) is 4.85. The van der Waals surface area contributed by atoms with Gasteiger partial charge in [0.15, 0.2) is 0 Å². The third-order valence-corrected chi connectivity index (χ3v) is 3.35. The van der Waals surface area contributed by atoms with Crippen LogP contribution in [0, 0.1) is 11.3 Å². The van der Waals surface area contributed by atoms with Crippen molar-refractivity contribution in [2.45, 2.75) is 31.8 Å². The zero-order valence-electron chi connectivity index (χ0n) is 7.42. The average Bonchev–Trinajstić information content (AvgIpc) is 2.49. The van der Waals surface area contributed by atoms with Gasteiger partial charge in [-0.25, -0.2) is 0 Å². The summed E-state index contributed by atoms with van der Waals surface area (Å²) < 4.78 is 0. The first-order valence-corrected chi connectivity index (χ1v) is 5.47. The fourth-order valence-electron chi connectivity index (χ4n) is 1.40. The van der Waals surface area contributed by atoms with E-state index in [4.69, 9.17) is 5.26 Å². The Hall–Kier alpha value is -0.850. The van der Waals surface area contributed by atoms with Crippen molar-refractivity contribution in [3.63, 3.8) is 0 Å². The standard InChI is InChI=1S/C10H12N2S/c11-5-10-4-8(7-13-10)6-12-9-2-1-3-9/h4,7,9,12H,1-3,6H2. The van der Waals surface area contributed by atoms with Gasteiger partial charge in [0, 0.05) is 12.6 Å². The highest BCUT2D eigenvalue weighted by atomic mass is 32.1. The second-order valence-electron chi connectivity index (χ2n) is 3.44. The Balaban J connectivity index is 1.83. The van der Waals surface area contributed by atoms with E-state index in [1.54, 1.807) is 0 Å². The van der Waals surface area contributed by atoms with Crippen molar-refractivity contribution in [1.29, 1.82) is 5.26 Å². The van der Waals surface area contributed by atoms with Gasteiger partial charge in [-0.1, -0.05) is 6.42 Å². The highest BCUT2D eigenvalue weighted by Gasteiger charge is 2.16. The van der Waals surface area contributed by atoms with Crippen molar-refractivity contribution in [3.05, 3.63) is 21.9 Å². The molecule has 0 atom stereocenters. The molecule has 0 saturated heterocycles. The van der Waals surface area contributed by atoms with Gasteiger partial charge >= 0.3 is 0 Å². The Bertz CT molecular complexity index is 320. The van der Waals surface area contributed by atoms with Crippen LogP contribution in [0.25, 0.3) is 0 Å². The van der Waals surface area contributed by atoms with E-state index in [2.05, 4.69) is 16.8 Å². The van der Waals surface area contributed by atoms with E-state index in [9.17, 15) is 0 Å². The lowest BCUT2D eigenvalue weighted by molar-refractivity contribution is 0.338. The van der Waals surface area contributed by atoms with Crippen LogP contribution in [0.5, 0.6) is 0 Å². The summed E-state index contributed by atoms with van der Waals surface area (Å²) in [6.45, 7) is 0.919. The molecule has 1 aliphatic rings. The molecule has 13 heavy (non-hydrogen) atoms. The number of nitrogens with zero attached hydrogens (tertiary/aromatic N) is 1. The Kier molecular flexibility index (Phi) is 2.62. The molecule has 2 rings (SSSR count). The summed E-state index contributed by atoms with van der Waals surface area (Å²) in [6.07, 6.45) is 4.00. The van der Waals surface area contributed by atoms with E-state index in [1.165, 1.54) is 36.2 Å². The van der Waals surface area contributed by atoms with Crippen molar-refractivity contribution in [3.8, 4) is 6.07 Å². The number of hydrogen-bond donors (Lipinski definition) is 1. The van der Waals surface area contributed by atoms with Gasteiger partial charge in [0.2, 0.25) is 0 Å². The number of rotatable bonds is 3. The molecule has 0 radical (unpaired) electrons. The topological polar surface area (TPSA) is 35.8 Å². The number of thiophene rings is 1. The molecule has 2 nitrogen and oxygen atoms in total. The quantitative estimate of drug-likeness (QED) is 0.797. The summed E-state index contributed by atoms with van der Waals surface area (Å²) in [5, 5.41) is 14.2. The van der Waals surface area contributed by atoms with E-state index in [-0.39, 0.29) is 0 Å².